The predicted molar refractivity (Wildman–Crippen MR) is 62.8 cm³/mol. The molecule has 16 heavy (non-hydrogen) atoms. The van der Waals surface area contributed by atoms with E-state index in [4.69, 9.17) is 10.5 Å². The molecule has 0 saturated heterocycles. The van der Waals surface area contributed by atoms with E-state index in [0.717, 1.165) is 6.42 Å². The van der Waals surface area contributed by atoms with Crippen LogP contribution in [0.5, 0.6) is 0 Å². The number of rotatable bonds is 4. The van der Waals surface area contributed by atoms with Gasteiger partial charge in [-0.05, 0) is 18.4 Å². The standard InChI is InChI=1S/C13H19NO2/c14-12-6-11(13(15)7-12)9-16-8-10-4-2-1-3-5-10/h1-5,11-13,15H,6-9,14H2. The Morgan fingerprint density at radius 1 is 1.25 bits per heavy atom. The van der Waals surface area contributed by atoms with Gasteiger partial charge in [-0.1, -0.05) is 30.3 Å². The van der Waals surface area contributed by atoms with Crippen molar-refractivity contribution in [2.45, 2.75) is 31.6 Å². The number of benzene rings is 1. The number of aliphatic hydroxyl groups excluding tert-OH is 1. The van der Waals surface area contributed by atoms with Gasteiger partial charge in [-0.2, -0.15) is 0 Å². The van der Waals surface area contributed by atoms with Crippen LogP contribution in [-0.4, -0.2) is 23.9 Å². The van der Waals surface area contributed by atoms with Crippen molar-refractivity contribution in [2.24, 2.45) is 11.7 Å². The SMILES string of the molecule is NC1CC(O)C(COCc2ccccc2)C1. The van der Waals surface area contributed by atoms with Crippen LogP contribution in [0.2, 0.25) is 0 Å². The Morgan fingerprint density at radius 3 is 2.62 bits per heavy atom. The molecule has 1 aliphatic rings. The second-order valence-electron chi connectivity index (χ2n) is 4.56. The van der Waals surface area contributed by atoms with Crippen LogP contribution < -0.4 is 5.73 Å². The van der Waals surface area contributed by atoms with Crippen LogP contribution in [0.3, 0.4) is 0 Å². The van der Waals surface area contributed by atoms with E-state index in [1.807, 2.05) is 30.3 Å². The monoisotopic (exact) mass is 221 g/mol. The van der Waals surface area contributed by atoms with Crippen molar-refractivity contribution in [3.05, 3.63) is 35.9 Å². The molecule has 1 aromatic rings. The highest BCUT2D eigenvalue weighted by Gasteiger charge is 2.30. The first kappa shape index (κ1) is 11.6. The van der Waals surface area contributed by atoms with Gasteiger partial charge in [0.15, 0.2) is 0 Å². The molecule has 0 radical (unpaired) electrons. The molecule has 3 heteroatoms. The van der Waals surface area contributed by atoms with Crippen molar-refractivity contribution in [3.63, 3.8) is 0 Å². The maximum absolute atomic E-state index is 9.70. The second-order valence-corrected chi connectivity index (χ2v) is 4.56. The third kappa shape index (κ3) is 3.04. The van der Waals surface area contributed by atoms with E-state index in [1.54, 1.807) is 0 Å². The van der Waals surface area contributed by atoms with Crippen LogP contribution in [-0.2, 0) is 11.3 Å². The minimum absolute atomic E-state index is 0.139. The zero-order valence-electron chi connectivity index (χ0n) is 9.38. The van der Waals surface area contributed by atoms with E-state index >= 15 is 0 Å². The van der Waals surface area contributed by atoms with Crippen LogP contribution in [0.25, 0.3) is 0 Å². The zero-order chi connectivity index (χ0) is 11.4. The summed E-state index contributed by atoms with van der Waals surface area (Å²) >= 11 is 0. The normalized spacial score (nSPS) is 29.5. The van der Waals surface area contributed by atoms with Crippen molar-refractivity contribution in [3.8, 4) is 0 Å². The lowest BCUT2D eigenvalue weighted by Crippen LogP contribution is -2.18. The van der Waals surface area contributed by atoms with Gasteiger partial charge in [0.05, 0.1) is 19.3 Å². The molecule has 1 fully saturated rings. The minimum atomic E-state index is -0.286. The molecule has 2 rings (SSSR count). The smallest absolute Gasteiger partial charge is 0.0717 e. The van der Waals surface area contributed by atoms with Gasteiger partial charge in [0.1, 0.15) is 0 Å². The van der Waals surface area contributed by atoms with Crippen molar-refractivity contribution < 1.29 is 9.84 Å². The third-order valence-electron chi connectivity index (χ3n) is 3.14. The average Bonchev–Trinajstić information content (AvgIpc) is 2.59. The van der Waals surface area contributed by atoms with Gasteiger partial charge in [0.2, 0.25) is 0 Å². The minimum Gasteiger partial charge on any atom is -0.393 e. The van der Waals surface area contributed by atoms with Crippen molar-refractivity contribution in [1.29, 1.82) is 0 Å². The molecule has 3 nitrogen and oxygen atoms in total. The summed E-state index contributed by atoms with van der Waals surface area (Å²) in [6.07, 6.45) is 1.29. The van der Waals surface area contributed by atoms with Crippen LogP contribution in [0.4, 0.5) is 0 Å². The van der Waals surface area contributed by atoms with Crippen LogP contribution in [0, 0.1) is 5.92 Å². The number of hydrogen-bond donors (Lipinski definition) is 2. The molecule has 1 aromatic carbocycles. The lowest BCUT2D eigenvalue weighted by Gasteiger charge is -2.14. The average molecular weight is 221 g/mol. The van der Waals surface area contributed by atoms with Crippen LogP contribution >= 0.6 is 0 Å². The highest BCUT2D eigenvalue weighted by Crippen LogP contribution is 2.25. The molecule has 0 aliphatic heterocycles. The highest BCUT2D eigenvalue weighted by molar-refractivity contribution is 5.13. The summed E-state index contributed by atoms with van der Waals surface area (Å²) in [5.74, 6) is 0.207. The summed E-state index contributed by atoms with van der Waals surface area (Å²) in [5, 5.41) is 9.70. The summed E-state index contributed by atoms with van der Waals surface area (Å²) < 4.78 is 5.61. The Balaban J connectivity index is 1.72. The molecule has 0 aromatic heterocycles. The zero-order valence-corrected chi connectivity index (χ0v) is 9.38. The molecule has 3 atom stereocenters. The van der Waals surface area contributed by atoms with Crippen molar-refractivity contribution in [1.82, 2.24) is 0 Å². The number of aliphatic hydroxyl groups is 1. The molecule has 0 amide bonds. The number of ether oxygens (including phenoxy) is 1. The van der Waals surface area contributed by atoms with Crippen LogP contribution in [0.15, 0.2) is 30.3 Å². The lowest BCUT2D eigenvalue weighted by atomic mass is 10.1. The first-order valence-electron chi connectivity index (χ1n) is 5.81. The van der Waals surface area contributed by atoms with Gasteiger partial charge in [-0.25, -0.2) is 0 Å². The first-order valence-corrected chi connectivity index (χ1v) is 5.81. The van der Waals surface area contributed by atoms with E-state index in [1.165, 1.54) is 5.56 Å². The van der Waals surface area contributed by atoms with Gasteiger partial charge in [0, 0.05) is 12.0 Å². The maximum Gasteiger partial charge on any atom is 0.0717 e. The molecule has 1 aliphatic carbocycles. The highest BCUT2D eigenvalue weighted by atomic mass is 16.5. The summed E-state index contributed by atoms with van der Waals surface area (Å²) in [5.41, 5.74) is 6.95. The summed E-state index contributed by atoms with van der Waals surface area (Å²) in [6.45, 7) is 1.21. The fourth-order valence-corrected chi connectivity index (χ4v) is 2.23. The molecule has 3 N–H and O–H groups in total. The van der Waals surface area contributed by atoms with Gasteiger partial charge in [-0.3, -0.25) is 0 Å². The Labute approximate surface area is 96.2 Å². The lowest BCUT2D eigenvalue weighted by molar-refractivity contribution is 0.0367. The van der Waals surface area contributed by atoms with Crippen LogP contribution in [0.1, 0.15) is 18.4 Å². The van der Waals surface area contributed by atoms with E-state index in [-0.39, 0.29) is 18.1 Å². The maximum atomic E-state index is 9.70. The molecular formula is C13H19NO2. The third-order valence-corrected chi connectivity index (χ3v) is 3.14. The molecule has 88 valence electrons. The van der Waals surface area contributed by atoms with Crippen molar-refractivity contribution >= 4 is 0 Å². The van der Waals surface area contributed by atoms with Gasteiger partial charge >= 0.3 is 0 Å². The Hall–Kier alpha value is -0.900. The number of nitrogens with two attached hydrogens (primary N) is 1. The molecule has 0 bridgehead atoms. The Kier molecular flexibility index (Phi) is 3.93. The quantitative estimate of drug-likeness (QED) is 0.805. The summed E-state index contributed by atoms with van der Waals surface area (Å²) in [6, 6.07) is 10.2. The largest absolute Gasteiger partial charge is 0.393 e. The van der Waals surface area contributed by atoms with E-state index in [0.29, 0.717) is 19.6 Å². The van der Waals surface area contributed by atoms with E-state index in [9.17, 15) is 5.11 Å². The van der Waals surface area contributed by atoms with Gasteiger partial charge in [-0.15, -0.1) is 0 Å². The summed E-state index contributed by atoms with van der Waals surface area (Å²) in [7, 11) is 0. The predicted octanol–water partition coefficient (Wildman–Crippen LogP) is 1.30. The Morgan fingerprint density at radius 2 is 2.00 bits per heavy atom. The van der Waals surface area contributed by atoms with E-state index < -0.39 is 0 Å². The fraction of sp³-hybridized carbons (Fsp3) is 0.538. The second kappa shape index (κ2) is 5.43. The molecule has 0 spiro atoms. The van der Waals surface area contributed by atoms with Crippen molar-refractivity contribution in [2.75, 3.05) is 6.61 Å². The van der Waals surface area contributed by atoms with Gasteiger partial charge in [0.25, 0.3) is 0 Å². The van der Waals surface area contributed by atoms with Gasteiger partial charge < -0.3 is 15.6 Å². The topological polar surface area (TPSA) is 55.5 Å². The molecule has 0 heterocycles. The number of hydrogen-bond acceptors (Lipinski definition) is 3. The summed E-state index contributed by atoms with van der Waals surface area (Å²) in [4.78, 5) is 0. The molecule has 3 unspecified atom stereocenters. The first-order chi connectivity index (χ1) is 7.75. The fourth-order valence-electron chi connectivity index (χ4n) is 2.23. The van der Waals surface area contributed by atoms with E-state index in [2.05, 4.69) is 0 Å². The molecular weight excluding hydrogens is 202 g/mol. The Bertz CT molecular complexity index is 315. The molecule has 1 saturated carbocycles.